The summed E-state index contributed by atoms with van der Waals surface area (Å²) < 4.78 is 4.89. The molecular weight excluding hydrogens is 306 g/mol. The smallest absolute Gasteiger partial charge is 0.315 e. The molecule has 1 aromatic carbocycles. The highest BCUT2D eigenvalue weighted by Gasteiger charge is 2.32. The van der Waals surface area contributed by atoms with Crippen molar-refractivity contribution in [3.05, 3.63) is 47.7 Å². The van der Waals surface area contributed by atoms with Crippen LogP contribution in [0.3, 0.4) is 0 Å². The topological polar surface area (TPSA) is 75.4 Å². The quantitative estimate of drug-likeness (QED) is 0.876. The Kier molecular flexibility index (Phi) is 4.93. The van der Waals surface area contributed by atoms with Crippen LogP contribution in [0, 0.1) is 6.92 Å². The van der Waals surface area contributed by atoms with Gasteiger partial charge < -0.3 is 9.42 Å². The Morgan fingerprint density at radius 2 is 2.12 bits per heavy atom. The van der Waals surface area contributed by atoms with Crippen LogP contribution in [0.25, 0.3) is 0 Å². The van der Waals surface area contributed by atoms with E-state index >= 15 is 0 Å². The van der Waals surface area contributed by atoms with Crippen molar-refractivity contribution in [2.75, 3.05) is 11.9 Å². The second kappa shape index (κ2) is 7.29. The zero-order valence-corrected chi connectivity index (χ0v) is 13.7. The lowest BCUT2D eigenvalue weighted by molar-refractivity contribution is -0.143. The number of benzene rings is 1. The molecule has 2 amide bonds. The first-order valence-corrected chi connectivity index (χ1v) is 8.22. The molecular formula is C18H21N3O3. The van der Waals surface area contributed by atoms with Crippen molar-refractivity contribution in [2.24, 2.45) is 0 Å². The molecule has 1 unspecified atom stereocenters. The van der Waals surface area contributed by atoms with Gasteiger partial charge in [-0.3, -0.25) is 14.9 Å². The Bertz CT molecular complexity index is 711. The highest BCUT2D eigenvalue weighted by atomic mass is 16.5. The largest absolute Gasteiger partial charge is 0.360 e. The van der Waals surface area contributed by atoms with E-state index in [0.29, 0.717) is 12.3 Å². The number of nitrogens with zero attached hydrogens (tertiary/aromatic N) is 2. The number of aromatic nitrogens is 1. The van der Waals surface area contributed by atoms with Crippen LogP contribution in [-0.2, 0) is 16.0 Å². The van der Waals surface area contributed by atoms with Gasteiger partial charge in [-0.25, -0.2) is 0 Å². The van der Waals surface area contributed by atoms with Crippen molar-refractivity contribution >= 4 is 17.6 Å². The molecule has 126 valence electrons. The number of anilines is 1. The predicted molar refractivity (Wildman–Crippen MR) is 89.4 cm³/mol. The molecule has 0 aliphatic carbocycles. The highest BCUT2D eigenvalue weighted by molar-refractivity contribution is 6.39. The van der Waals surface area contributed by atoms with Crippen LogP contribution in [0.15, 0.2) is 40.9 Å². The van der Waals surface area contributed by atoms with Gasteiger partial charge in [0, 0.05) is 18.7 Å². The second-order valence-corrected chi connectivity index (χ2v) is 6.10. The average Bonchev–Trinajstić information content (AvgIpc) is 3.22. The lowest BCUT2D eigenvalue weighted by atomic mass is 10.0. The minimum atomic E-state index is -0.657. The van der Waals surface area contributed by atoms with E-state index in [9.17, 15) is 9.59 Å². The molecule has 1 saturated heterocycles. The van der Waals surface area contributed by atoms with Crippen molar-refractivity contribution in [3.63, 3.8) is 0 Å². The second-order valence-electron chi connectivity index (χ2n) is 6.10. The van der Waals surface area contributed by atoms with Crippen molar-refractivity contribution < 1.29 is 14.1 Å². The molecule has 6 heteroatoms. The molecule has 1 aliphatic rings. The van der Waals surface area contributed by atoms with Crippen LogP contribution in [0.4, 0.5) is 5.82 Å². The first-order valence-electron chi connectivity index (χ1n) is 8.22. The van der Waals surface area contributed by atoms with Crippen LogP contribution < -0.4 is 5.32 Å². The molecule has 0 radical (unpaired) electrons. The number of likely N-dealkylation sites (tertiary alicyclic amines) is 1. The van der Waals surface area contributed by atoms with Gasteiger partial charge in [0.1, 0.15) is 5.76 Å². The third kappa shape index (κ3) is 3.82. The number of nitrogens with one attached hydrogen (secondary N) is 1. The zero-order valence-electron chi connectivity index (χ0n) is 13.7. The fourth-order valence-corrected chi connectivity index (χ4v) is 3.11. The van der Waals surface area contributed by atoms with Gasteiger partial charge in [-0.1, -0.05) is 35.5 Å². The molecule has 3 rings (SSSR count). The number of carbonyl (C=O) groups is 2. The Hall–Kier alpha value is -2.63. The maximum absolute atomic E-state index is 12.4. The maximum Gasteiger partial charge on any atom is 0.315 e. The van der Waals surface area contributed by atoms with E-state index in [2.05, 4.69) is 22.6 Å². The minimum absolute atomic E-state index is 0.113. The van der Waals surface area contributed by atoms with Gasteiger partial charge in [0.05, 0.1) is 0 Å². The summed E-state index contributed by atoms with van der Waals surface area (Å²) >= 11 is 0. The molecule has 1 N–H and O–H groups in total. The summed E-state index contributed by atoms with van der Waals surface area (Å²) in [6, 6.07) is 11.9. The van der Waals surface area contributed by atoms with E-state index in [1.165, 1.54) is 5.56 Å². The number of carbonyl (C=O) groups excluding carboxylic acids is 2. The van der Waals surface area contributed by atoms with Gasteiger partial charge in [-0.05, 0) is 38.2 Å². The van der Waals surface area contributed by atoms with Crippen LogP contribution >= 0.6 is 0 Å². The molecule has 2 aromatic rings. The Morgan fingerprint density at radius 3 is 2.83 bits per heavy atom. The third-order valence-electron chi connectivity index (χ3n) is 4.31. The van der Waals surface area contributed by atoms with Crippen LogP contribution in [0.5, 0.6) is 0 Å². The highest BCUT2D eigenvalue weighted by Crippen LogP contribution is 2.22. The maximum atomic E-state index is 12.4. The van der Waals surface area contributed by atoms with Crippen LogP contribution in [0.2, 0.25) is 0 Å². The summed E-state index contributed by atoms with van der Waals surface area (Å²) in [7, 11) is 0. The SMILES string of the molecule is Cc1cc(NC(=O)C(=O)N2CCCC2CCc2ccccc2)no1. The molecule has 2 heterocycles. The number of hydrogen-bond acceptors (Lipinski definition) is 4. The summed E-state index contributed by atoms with van der Waals surface area (Å²) in [5, 5.41) is 6.18. The fourth-order valence-electron chi connectivity index (χ4n) is 3.11. The normalized spacial score (nSPS) is 17.0. The predicted octanol–water partition coefficient (Wildman–Crippen LogP) is 2.55. The molecule has 1 aromatic heterocycles. The fraction of sp³-hybridized carbons (Fsp3) is 0.389. The van der Waals surface area contributed by atoms with E-state index in [1.807, 2.05) is 18.2 Å². The van der Waals surface area contributed by atoms with E-state index in [4.69, 9.17) is 4.52 Å². The van der Waals surface area contributed by atoms with Crippen molar-refractivity contribution in [3.8, 4) is 0 Å². The van der Waals surface area contributed by atoms with E-state index in [-0.39, 0.29) is 11.9 Å². The zero-order chi connectivity index (χ0) is 16.9. The monoisotopic (exact) mass is 327 g/mol. The van der Waals surface area contributed by atoms with Crippen molar-refractivity contribution in [1.82, 2.24) is 10.1 Å². The molecule has 24 heavy (non-hydrogen) atoms. The van der Waals surface area contributed by atoms with Crippen molar-refractivity contribution in [1.29, 1.82) is 0 Å². The van der Waals surface area contributed by atoms with Gasteiger partial charge in [0.2, 0.25) is 0 Å². The summed E-state index contributed by atoms with van der Waals surface area (Å²) in [6.07, 6.45) is 3.64. The molecule has 0 spiro atoms. The standard InChI is InChI=1S/C18H21N3O3/c1-13-12-16(20-24-13)19-17(22)18(23)21-11-5-8-15(21)10-9-14-6-3-2-4-7-14/h2-4,6-7,12,15H,5,8-11H2,1H3,(H,19,20,22). The van der Waals surface area contributed by atoms with Gasteiger partial charge >= 0.3 is 11.8 Å². The van der Waals surface area contributed by atoms with Gasteiger partial charge in [-0.15, -0.1) is 0 Å². The molecule has 1 atom stereocenters. The van der Waals surface area contributed by atoms with Crippen molar-refractivity contribution in [2.45, 2.75) is 38.6 Å². The Balaban J connectivity index is 1.57. The lowest BCUT2D eigenvalue weighted by Crippen LogP contribution is -2.42. The lowest BCUT2D eigenvalue weighted by Gasteiger charge is -2.24. The first-order chi connectivity index (χ1) is 11.6. The van der Waals surface area contributed by atoms with Crippen LogP contribution in [-0.4, -0.2) is 34.5 Å². The summed E-state index contributed by atoms with van der Waals surface area (Å²) in [6.45, 7) is 2.36. The first kappa shape index (κ1) is 16.2. The molecule has 0 bridgehead atoms. The molecule has 1 aliphatic heterocycles. The Morgan fingerprint density at radius 1 is 1.33 bits per heavy atom. The van der Waals surface area contributed by atoms with E-state index < -0.39 is 11.8 Å². The molecule has 6 nitrogen and oxygen atoms in total. The Labute approximate surface area is 140 Å². The molecule has 1 fully saturated rings. The third-order valence-corrected chi connectivity index (χ3v) is 4.31. The number of rotatable bonds is 4. The van der Waals surface area contributed by atoms with Crippen LogP contribution in [0.1, 0.15) is 30.6 Å². The summed E-state index contributed by atoms with van der Waals surface area (Å²) in [4.78, 5) is 26.3. The summed E-state index contributed by atoms with van der Waals surface area (Å²) in [5.41, 5.74) is 1.25. The minimum Gasteiger partial charge on any atom is -0.360 e. The van der Waals surface area contributed by atoms with E-state index in [0.717, 1.165) is 25.7 Å². The molecule has 0 saturated carbocycles. The van der Waals surface area contributed by atoms with Gasteiger partial charge in [0.15, 0.2) is 5.82 Å². The summed E-state index contributed by atoms with van der Waals surface area (Å²) in [5.74, 6) is -0.299. The van der Waals surface area contributed by atoms with E-state index in [1.54, 1.807) is 17.9 Å². The number of amides is 2. The van der Waals surface area contributed by atoms with Gasteiger partial charge in [0.25, 0.3) is 0 Å². The number of aryl methyl sites for hydroxylation is 2. The van der Waals surface area contributed by atoms with Gasteiger partial charge in [-0.2, -0.15) is 0 Å². The number of hydrogen-bond donors (Lipinski definition) is 1. The average molecular weight is 327 g/mol.